The van der Waals surface area contributed by atoms with E-state index in [1.807, 2.05) is 13.8 Å². The molecule has 0 aromatic carbocycles. The zero-order valence-electron chi connectivity index (χ0n) is 13.2. The smallest absolute Gasteiger partial charge is 0.309 e. The average Bonchev–Trinajstić information content (AvgIpc) is 2.69. The second kappa shape index (κ2) is 5.78. The molecule has 0 radical (unpaired) electrons. The van der Waals surface area contributed by atoms with E-state index in [9.17, 15) is 14.4 Å². The number of methoxy groups -OCH3 is 1. The zero-order valence-corrected chi connectivity index (χ0v) is 13.2. The van der Waals surface area contributed by atoms with Crippen molar-refractivity contribution >= 4 is 17.7 Å². The van der Waals surface area contributed by atoms with E-state index in [-0.39, 0.29) is 53.4 Å². The molecule has 5 atom stereocenters. The summed E-state index contributed by atoms with van der Waals surface area (Å²) in [5.41, 5.74) is -0.314. The van der Waals surface area contributed by atoms with E-state index < -0.39 is 0 Å². The first-order valence-electron chi connectivity index (χ1n) is 7.56. The predicted octanol–water partition coefficient (Wildman–Crippen LogP) is 2.12. The summed E-state index contributed by atoms with van der Waals surface area (Å²) >= 11 is 0. The standard InChI is InChI=1S/C16H24O5/c1-9-11-7-12(10(2)17)16(3,6-5-14(18)20-4)8-13(11)21-15(9)19/h9,11-13H,5-8H2,1-4H3/t9-,11-,12+,13-,16-/m1/s1. The molecule has 1 aliphatic carbocycles. The van der Waals surface area contributed by atoms with Gasteiger partial charge in [-0.2, -0.15) is 0 Å². The highest BCUT2D eigenvalue weighted by atomic mass is 16.6. The van der Waals surface area contributed by atoms with Crippen molar-refractivity contribution in [2.45, 2.75) is 52.6 Å². The van der Waals surface area contributed by atoms with Gasteiger partial charge in [-0.25, -0.2) is 0 Å². The molecule has 2 fully saturated rings. The molecule has 21 heavy (non-hydrogen) atoms. The van der Waals surface area contributed by atoms with Crippen LogP contribution in [0.3, 0.4) is 0 Å². The van der Waals surface area contributed by atoms with Crippen molar-refractivity contribution in [3.8, 4) is 0 Å². The first kappa shape index (κ1) is 16.0. The third-order valence-corrected chi connectivity index (χ3v) is 5.39. The number of hydrogen-bond acceptors (Lipinski definition) is 5. The quantitative estimate of drug-likeness (QED) is 0.743. The number of carbonyl (C=O) groups is 3. The topological polar surface area (TPSA) is 69.7 Å². The third kappa shape index (κ3) is 2.97. The van der Waals surface area contributed by atoms with Crippen LogP contribution < -0.4 is 0 Å². The Balaban J connectivity index is 2.17. The Morgan fingerprint density at radius 3 is 2.67 bits per heavy atom. The van der Waals surface area contributed by atoms with Crippen LogP contribution in [0.15, 0.2) is 0 Å². The van der Waals surface area contributed by atoms with Gasteiger partial charge in [0.05, 0.1) is 13.0 Å². The van der Waals surface area contributed by atoms with Gasteiger partial charge in [-0.3, -0.25) is 14.4 Å². The maximum absolute atomic E-state index is 12.1. The van der Waals surface area contributed by atoms with E-state index in [2.05, 4.69) is 0 Å². The summed E-state index contributed by atoms with van der Waals surface area (Å²) in [6.07, 6.45) is 2.07. The first-order valence-corrected chi connectivity index (χ1v) is 7.56. The lowest BCUT2D eigenvalue weighted by Crippen LogP contribution is -2.44. The molecular formula is C16H24O5. The highest BCUT2D eigenvalue weighted by Gasteiger charge is 2.53. The van der Waals surface area contributed by atoms with Gasteiger partial charge in [-0.15, -0.1) is 0 Å². The number of ketones is 1. The Morgan fingerprint density at radius 2 is 2.10 bits per heavy atom. The molecular weight excluding hydrogens is 272 g/mol. The number of ether oxygens (including phenoxy) is 2. The van der Waals surface area contributed by atoms with Crippen LogP contribution in [-0.4, -0.2) is 30.9 Å². The summed E-state index contributed by atoms with van der Waals surface area (Å²) in [5.74, 6) is -0.436. The molecule has 0 bridgehead atoms. The highest BCUT2D eigenvalue weighted by Crippen LogP contribution is 2.52. The van der Waals surface area contributed by atoms with Gasteiger partial charge >= 0.3 is 11.9 Å². The van der Waals surface area contributed by atoms with E-state index in [4.69, 9.17) is 9.47 Å². The molecule has 0 unspecified atom stereocenters. The molecule has 0 aromatic rings. The van der Waals surface area contributed by atoms with Crippen molar-refractivity contribution < 1.29 is 23.9 Å². The molecule has 118 valence electrons. The molecule has 1 saturated heterocycles. The van der Waals surface area contributed by atoms with Gasteiger partial charge in [-0.05, 0) is 31.6 Å². The second-order valence-electron chi connectivity index (χ2n) is 6.76. The summed E-state index contributed by atoms with van der Waals surface area (Å²) in [4.78, 5) is 35.2. The van der Waals surface area contributed by atoms with Crippen LogP contribution in [0.25, 0.3) is 0 Å². The lowest BCUT2D eigenvalue weighted by Gasteiger charge is -2.45. The summed E-state index contributed by atoms with van der Waals surface area (Å²) < 4.78 is 10.2. The van der Waals surface area contributed by atoms with E-state index in [0.29, 0.717) is 19.3 Å². The molecule has 2 aliphatic rings. The number of fused-ring (bicyclic) bond motifs is 1. The summed E-state index contributed by atoms with van der Waals surface area (Å²) in [6, 6.07) is 0. The molecule has 0 spiro atoms. The molecule has 1 aliphatic heterocycles. The SMILES string of the molecule is COC(=O)CC[C@]1(C)C[C@H]2OC(=O)[C@H](C)[C@H]2C[C@H]1C(C)=O. The van der Waals surface area contributed by atoms with Crippen molar-refractivity contribution in [2.24, 2.45) is 23.2 Å². The lowest BCUT2D eigenvalue weighted by atomic mass is 9.59. The minimum absolute atomic E-state index is 0.120. The van der Waals surface area contributed by atoms with Crippen LogP contribution in [0.2, 0.25) is 0 Å². The maximum Gasteiger partial charge on any atom is 0.309 e. The Bertz CT molecular complexity index is 458. The maximum atomic E-state index is 12.1. The van der Waals surface area contributed by atoms with Crippen LogP contribution in [0.4, 0.5) is 0 Å². The molecule has 5 heteroatoms. The van der Waals surface area contributed by atoms with Crippen LogP contribution >= 0.6 is 0 Å². The fourth-order valence-electron chi connectivity index (χ4n) is 3.97. The molecule has 2 rings (SSSR count). The number of carbonyl (C=O) groups excluding carboxylic acids is 3. The summed E-state index contributed by atoms with van der Waals surface area (Å²) in [7, 11) is 1.37. The predicted molar refractivity (Wildman–Crippen MR) is 75.3 cm³/mol. The second-order valence-corrected chi connectivity index (χ2v) is 6.76. The number of Topliss-reactive ketones (excluding diaryl/α,β-unsaturated/α-hetero) is 1. The van der Waals surface area contributed by atoms with E-state index >= 15 is 0 Å². The zero-order chi connectivity index (χ0) is 15.8. The van der Waals surface area contributed by atoms with Crippen LogP contribution in [0.1, 0.15) is 46.5 Å². The van der Waals surface area contributed by atoms with Gasteiger partial charge in [0.1, 0.15) is 11.9 Å². The van der Waals surface area contributed by atoms with Gasteiger partial charge in [0.2, 0.25) is 0 Å². The van der Waals surface area contributed by atoms with Crippen molar-refractivity contribution in [1.82, 2.24) is 0 Å². The van der Waals surface area contributed by atoms with E-state index in [1.54, 1.807) is 6.92 Å². The van der Waals surface area contributed by atoms with Gasteiger partial charge in [0.15, 0.2) is 0 Å². The number of rotatable bonds is 4. The largest absolute Gasteiger partial charge is 0.469 e. The lowest BCUT2D eigenvalue weighted by molar-refractivity contribution is -0.148. The Hall–Kier alpha value is -1.39. The highest BCUT2D eigenvalue weighted by molar-refractivity contribution is 5.80. The molecule has 1 saturated carbocycles. The third-order valence-electron chi connectivity index (χ3n) is 5.39. The van der Waals surface area contributed by atoms with E-state index in [1.165, 1.54) is 7.11 Å². The van der Waals surface area contributed by atoms with Crippen LogP contribution in [-0.2, 0) is 23.9 Å². The minimum atomic E-state index is -0.314. The summed E-state index contributed by atoms with van der Waals surface area (Å²) in [6.45, 7) is 5.50. The fourth-order valence-corrected chi connectivity index (χ4v) is 3.97. The van der Waals surface area contributed by atoms with Crippen molar-refractivity contribution in [1.29, 1.82) is 0 Å². The molecule has 5 nitrogen and oxygen atoms in total. The Labute approximate surface area is 125 Å². The monoisotopic (exact) mass is 296 g/mol. The molecule has 0 N–H and O–H groups in total. The van der Waals surface area contributed by atoms with Crippen molar-refractivity contribution in [3.63, 3.8) is 0 Å². The normalized spacial score (nSPS) is 38.6. The summed E-state index contributed by atoms with van der Waals surface area (Å²) in [5, 5.41) is 0. The first-order chi connectivity index (χ1) is 9.78. The number of esters is 2. The van der Waals surface area contributed by atoms with Gasteiger partial charge in [0, 0.05) is 18.3 Å². The molecule has 0 amide bonds. The fraction of sp³-hybridized carbons (Fsp3) is 0.812. The minimum Gasteiger partial charge on any atom is -0.469 e. The van der Waals surface area contributed by atoms with Gasteiger partial charge in [-0.1, -0.05) is 13.8 Å². The Kier molecular flexibility index (Phi) is 4.40. The van der Waals surface area contributed by atoms with Crippen molar-refractivity contribution in [2.75, 3.05) is 7.11 Å². The van der Waals surface area contributed by atoms with Gasteiger partial charge in [0.25, 0.3) is 0 Å². The van der Waals surface area contributed by atoms with Crippen molar-refractivity contribution in [3.05, 3.63) is 0 Å². The average molecular weight is 296 g/mol. The number of hydrogen-bond donors (Lipinski definition) is 0. The van der Waals surface area contributed by atoms with Gasteiger partial charge < -0.3 is 9.47 Å². The van der Waals surface area contributed by atoms with Crippen LogP contribution in [0, 0.1) is 23.2 Å². The van der Waals surface area contributed by atoms with E-state index in [0.717, 1.165) is 0 Å². The molecule has 1 heterocycles. The molecule has 0 aromatic heterocycles. The van der Waals surface area contributed by atoms with Crippen LogP contribution in [0.5, 0.6) is 0 Å². The Morgan fingerprint density at radius 1 is 1.43 bits per heavy atom.